The molecule has 154 valence electrons. The Bertz CT molecular complexity index is 865. The van der Waals surface area contributed by atoms with E-state index in [1.165, 1.54) is 14.2 Å². The standard InChI is InChI=1S/C21H25N3O5/c1-5-6-14-11-15(12-18(28-3)20(14)29-4)21(26)24-23-19(25)13-22-16-7-9-17(27-2)10-8-16/h5,7-12,22H,1,6,13H2,2-4H3,(H,23,25)(H,24,26). The van der Waals surface area contributed by atoms with Crippen LogP contribution in [0.15, 0.2) is 49.1 Å². The first kappa shape index (κ1) is 21.6. The number of anilines is 1. The van der Waals surface area contributed by atoms with Crippen LogP contribution in [0, 0.1) is 0 Å². The Morgan fingerprint density at radius 2 is 1.72 bits per heavy atom. The summed E-state index contributed by atoms with van der Waals surface area (Å²) in [6.07, 6.45) is 2.20. The number of benzene rings is 2. The van der Waals surface area contributed by atoms with Crippen molar-refractivity contribution in [3.8, 4) is 17.2 Å². The number of methoxy groups -OCH3 is 3. The van der Waals surface area contributed by atoms with E-state index >= 15 is 0 Å². The van der Waals surface area contributed by atoms with Gasteiger partial charge in [-0.15, -0.1) is 6.58 Å². The fourth-order valence-corrected chi connectivity index (χ4v) is 2.62. The van der Waals surface area contributed by atoms with E-state index in [0.29, 0.717) is 23.5 Å². The largest absolute Gasteiger partial charge is 0.497 e. The minimum atomic E-state index is -0.478. The van der Waals surface area contributed by atoms with Gasteiger partial charge in [-0.25, -0.2) is 0 Å². The van der Waals surface area contributed by atoms with Gasteiger partial charge >= 0.3 is 0 Å². The van der Waals surface area contributed by atoms with Gasteiger partial charge in [-0.05, 0) is 42.8 Å². The van der Waals surface area contributed by atoms with Gasteiger partial charge in [0.05, 0.1) is 27.9 Å². The Balaban J connectivity index is 1.96. The second-order valence-electron chi connectivity index (χ2n) is 5.95. The van der Waals surface area contributed by atoms with Gasteiger partial charge in [-0.2, -0.15) is 0 Å². The maximum atomic E-state index is 12.4. The van der Waals surface area contributed by atoms with Crippen LogP contribution in [0.25, 0.3) is 0 Å². The first-order valence-electron chi connectivity index (χ1n) is 8.85. The van der Waals surface area contributed by atoms with Crippen LogP contribution in [0.2, 0.25) is 0 Å². The Hall–Kier alpha value is -3.68. The average Bonchev–Trinajstić information content (AvgIpc) is 2.75. The molecule has 0 aliphatic rings. The van der Waals surface area contributed by atoms with Crippen LogP contribution in [0.5, 0.6) is 17.2 Å². The topological polar surface area (TPSA) is 97.9 Å². The third-order valence-electron chi connectivity index (χ3n) is 4.04. The predicted molar refractivity (Wildman–Crippen MR) is 111 cm³/mol. The molecule has 0 heterocycles. The number of hydrazine groups is 1. The number of carbonyl (C=O) groups excluding carboxylic acids is 2. The van der Waals surface area contributed by atoms with Gasteiger partial charge in [0.25, 0.3) is 11.8 Å². The second kappa shape index (κ2) is 10.6. The summed E-state index contributed by atoms with van der Waals surface area (Å²) in [6, 6.07) is 10.3. The zero-order valence-corrected chi connectivity index (χ0v) is 16.7. The van der Waals surface area contributed by atoms with Crippen LogP contribution in [0.3, 0.4) is 0 Å². The summed E-state index contributed by atoms with van der Waals surface area (Å²) in [5.41, 5.74) is 6.59. The summed E-state index contributed by atoms with van der Waals surface area (Å²) in [5, 5.41) is 2.95. The number of carbonyl (C=O) groups is 2. The van der Waals surface area contributed by atoms with Gasteiger partial charge in [0.1, 0.15) is 5.75 Å². The predicted octanol–water partition coefficient (Wildman–Crippen LogP) is 2.31. The van der Waals surface area contributed by atoms with E-state index < -0.39 is 11.8 Å². The summed E-state index contributed by atoms with van der Waals surface area (Å²) in [5.74, 6) is 0.800. The van der Waals surface area contributed by atoms with Crippen LogP contribution in [-0.2, 0) is 11.2 Å². The van der Waals surface area contributed by atoms with E-state index in [4.69, 9.17) is 14.2 Å². The molecule has 29 heavy (non-hydrogen) atoms. The van der Waals surface area contributed by atoms with Crippen LogP contribution in [0.4, 0.5) is 5.69 Å². The molecule has 0 saturated heterocycles. The SMILES string of the molecule is C=CCc1cc(C(=O)NNC(=O)CNc2ccc(OC)cc2)cc(OC)c1OC. The number of ether oxygens (including phenoxy) is 3. The number of nitrogens with one attached hydrogen (secondary N) is 3. The molecule has 2 rings (SSSR count). The van der Waals surface area contributed by atoms with Crippen molar-refractivity contribution in [2.45, 2.75) is 6.42 Å². The Morgan fingerprint density at radius 1 is 1.00 bits per heavy atom. The van der Waals surface area contributed by atoms with Crippen LogP contribution < -0.4 is 30.4 Å². The number of rotatable bonds is 9. The highest BCUT2D eigenvalue weighted by molar-refractivity contribution is 5.96. The molecule has 8 nitrogen and oxygen atoms in total. The Morgan fingerprint density at radius 3 is 2.31 bits per heavy atom. The van der Waals surface area contributed by atoms with Crippen LogP contribution >= 0.6 is 0 Å². The molecule has 0 atom stereocenters. The third kappa shape index (κ3) is 5.90. The van der Waals surface area contributed by atoms with Crippen LogP contribution in [-0.4, -0.2) is 39.7 Å². The lowest BCUT2D eigenvalue weighted by Gasteiger charge is -2.15. The Labute approximate surface area is 169 Å². The van der Waals surface area contributed by atoms with Gasteiger partial charge in [0.15, 0.2) is 11.5 Å². The van der Waals surface area contributed by atoms with E-state index in [-0.39, 0.29) is 6.54 Å². The minimum Gasteiger partial charge on any atom is -0.497 e. The van der Waals surface area contributed by atoms with Gasteiger partial charge in [-0.3, -0.25) is 20.4 Å². The molecule has 0 unspecified atom stereocenters. The molecule has 0 bridgehead atoms. The zero-order valence-electron chi connectivity index (χ0n) is 16.7. The number of hydrogen-bond acceptors (Lipinski definition) is 6. The summed E-state index contributed by atoms with van der Waals surface area (Å²) in [7, 11) is 4.60. The lowest BCUT2D eigenvalue weighted by Crippen LogP contribution is -2.44. The summed E-state index contributed by atoms with van der Waals surface area (Å²) in [4.78, 5) is 24.4. The first-order valence-corrected chi connectivity index (χ1v) is 8.85. The van der Waals surface area contributed by atoms with Gasteiger partial charge < -0.3 is 19.5 Å². The zero-order chi connectivity index (χ0) is 21.2. The maximum Gasteiger partial charge on any atom is 0.269 e. The van der Waals surface area contributed by atoms with Crippen molar-refractivity contribution in [3.63, 3.8) is 0 Å². The fraction of sp³-hybridized carbons (Fsp3) is 0.238. The van der Waals surface area contributed by atoms with Crippen LogP contribution in [0.1, 0.15) is 15.9 Å². The molecule has 0 fully saturated rings. The second-order valence-corrected chi connectivity index (χ2v) is 5.95. The van der Waals surface area contributed by atoms with Crippen molar-refractivity contribution in [2.75, 3.05) is 33.2 Å². The molecule has 0 saturated carbocycles. The Kier molecular flexibility index (Phi) is 7.90. The third-order valence-corrected chi connectivity index (χ3v) is 4.04. The molecular formula is C21H25N3O5. The lowest BCUT2D eigenvalue weighted by atomic mass is 10.1. The van der Waals surface area contributed by atoms with E-state index in [1.54, 1.807) is 49.6 Å². The summed E-state index contributed by atoms with van der Waals surface area (Å²) >= 11 is 0. The maximum absolute atomic E-state index is 12.4. The highest BCUT2D eigenvalue weighted by Gasteiger charge is 2.16. The quantitative estimate of drug-likeness (QED) is 0.442. The summed E-state index contributed by atoms with van der Waals surface area (Å²) < 4.78 is 15.7. The monoisotopic (exact) mass is 399 g/mol. The molecule has 2 aromatic rings. The van der Waals surface area contributed by atoms with Crippen molar-refractivity contribution in [1.29, 1.82) is 0 Å². The molecule has 0 aromatic heterocycles. The molecule has 0 radical (unpaired) electrons. The van der Waals surface area contributed by atoms with Gasteiger partial charge in [-0.1, -0.05) is 6.08 Å². The smallest absolute Gasteiger partial charge is 0.269 e. The van der Waals surface area contributed by atoms with Crippen molar-refractivity contribution in [2.24, 2.45) is 0 Å². The minimum absolute atomic E-state index is 0.0136. The van der Waals surface area contributed by atoms with E-state index in [1.807, 2.05) is 0 Å². The van der Waals surface area contributed by atoms with E-state index in [0.717, 1.165) is 17.0 Å². The summed E-state index contributed by atoms with van der Waals surface area (Å²) in [6.45, 7) is 3.69. The molecule has 0 spiro atoms. The number of allylic oxidation sites excluding steroid dienone is 1. The fourth-order valence-electron chi connectivity index (χ4n) is 2.62. The molecule has 2 aromatic carbocycles. The van der Waals surface area contributed by atoms with Gasteiger partial charge in [0, 0.05) is 16.8 Å². The van der Waals surface area contributed by atoms with E-state index in [2.05, 4.69) is 22.7 Å². The molecular weight excluding hydrogens is 374 g/mol. The van der Waals surface area contributed by atoms with E-state index in [9.17, 15) is 9.59 Å². The number of hydrogen-bond donors (Lipinski definition) is 3. The van der Waals surface area contributed by atoms with Crippen molar-refractivity contribution in [3.05, 3.63) is 60.2 Å². The average molecular weight is 399 g/mol. The molecule has 2 amide bonds. The van der Waals surface area contributed by atoms with Gasteiger partial charge in [0.2, 0.25) is 0 Å². The normalized spacial score (nSPS) is 9.90. The van der Waals surface area contributed by atoms with Crippen molar-refractivity contribution < 1.29 is 23.8 Å². The first-order chi connectivity index (χ1) is 14.0. The van der Waals surface area contributed by atoms with Crippen molar-refractivity contribution >= 4 is 17.5 Å². The molecule has 8 heteroatoms. The highest BCUT2D eigenvalue weighted by Crippen LogP contribution is 2.33. The molecule has 3 N–H and O–H groups in total. The number of amides is 2. The van der Waals surface area contributed by atoms with Crippen molar-refractivity contribution in [1.82, 2.24) is 10.9 Å². The molecule has 0 aliphatic carbocycles. The lowest BCUT2D eigenvalue weighted by molar-refractivity contribution is -0.120. The molecule has 0 aliphatic heterocycles. The highest BCUT2D eigenvalue weighted by atomic mass is 16.5.